The number of hydrogen-bond acceptors (Lipinski definition) is 3. The summed E-state index contributed by atoms with van der Waals surface area (Å²) in [6.07, 6.45) is 0.532. The lowest BCUT2D eigenvalue weighted by Crippen LogP contribution is -2.48. The Hall–Kier alpha value is -0.970. The van der Waals surface area contributed by atoms with Crippen LogP contribution < -0.4 is 5.32 Å². The number of hydrogen-bond donors (Lipinski definition) is 1. The number of benzene rings is 1. The molecule has 0 bridgehead atoms. The summed E-state index contributed by atoms with van der Waals surface area (Å²) in [5.74, 6) is 0.191. The molecule has 2 rings (SSSR count). The van der Waals surface area contributed by atoms with Crippen molar-refractivity contribution in [2.45, 2.75) is 39.0 Å². The van der Waals surface area contributed by atoms with Crippen molar-refractivity contribution in [3.8, 4) is 0 Å². The fourth-order valence-electron chi connectivity index (χ4n) is 3.42. The van der Waals surface area contributed by atoms with Gasteiger partial charge in [0.2, 0.25) is 0 Å². The van der Waals surface area contributed by atoms with Crippen LogP contribution in [0.15, 0.2) is 24.3 Å². The number of halogens is 1. The maximum atomic E-state index is 14.0. The largest absolute Gasteiger partial charge is 0.373 e. The van der Waals surface area contributed by atoms with Crippen LogP contribution in [0.2, 0.25) is 0 Å². The van der Waals surface area contributed by atoms with Gasteiger partial charge in [0.15, 0.2) is 0 Å². The molecule has 1 aromatic rings. The lowest BCUT2D eigenvalue weighted by Gasteiger charge is -2.38. The van der Waals surface area contributed by atoms with Crippen LogP contribution in [0.4, 0.5) is 4.39 Å². The minimum absolute atomic E-state index is 0.0275. The highest BCUT2D eigenvalue weighted by Crippen LogP contribution is 2.25. The van der Waals surface area contributed by atoms with E-state index in [1.807, 2.05) is 19.2 Å². The zero-order valence-electron chi connectivity index (χ0n) is 13.5. The second-order valence-corrected chi connectivity index (χ2v) is 6.24. The maximum absolute atomic E-state index is 14.0. The van der Waals surface area contributed by atoms with Gasteiger partial charge in [0.05, 0.1) is 12.2 Å². The molecule has 21 heavy (non-hydrogen) atoms. The van der Waals surface area contributed by atoms with E-state index in [9.17, 15) is 4.39 Å². The lowest BCUT2D eigenvalue weighted by molar-refractivity contribution is -0.0719. The van der Waals surface area contributed by atoms with Gasteiger partial charge in [-0.1, -0.05) is 25.1 Å². The van der Waals surface area contributed by atoms with Crippen molar-refractivity contribution in [1.82, 2.24) is 10.2 Å². The van der Waals surface area contributed by atoms with Crippen LogP contribution in [0.5, 0.6) is 0 Å². The van der Waals surface area contributed by atoms with Gasteiger partial charge in [-0.3, -0.25) is 4.90 Å². The van der Waals surface area contributed by atoms with E-state index in [1.165, 1.54) is 6.07 Å². The number of rotatable bonds is 5. The summed E-state index contributed by atoms with van der Waals surface area (Å²) in [6.45, 7) is 9.24. The Morgan fingerprint density at radius 2 is 1.90 bits per heavy atom. The van der Waals surface area contributed by atoms with Crippen molar-refractivity contribution < 1.29 is 9.13 Å². The van der Waals surface area contributed by atoms with E-state index in [-0.39, 0.29) is 24.1 Å². The quantitative estimate of drug-likeness (QED) is 0.904. The Morgan fingerprint density at radius 1 is 1.29 bits per heavy atom. The third kappa shape index (κ3) is 4.25. The SMILES string of the molecule is CNC(c1ccccc1F)C(C)CN1C[C@@H](C)O[C@@H](C)C1. The predicted octanol–water partition coefficient (Wildman–Crippen LogP) is 2.83. The first-order valence-corrected chi connectivity index (χ1v) is 7.80. The van der Waals surface area contributed by atoms with Crippen LogP contribution in [-0.4, -0.2) is 43.8 Å². The Balaban J connectivity index is 2.03. The average molecular weight is 294 g/mol. The van der Waals surface area contributed by atoms with Gasteiger partial charge >= 0.3 is 0 Å². The Labute approximate surface area is 127 Å². The van der Waals surface area contributed by atoms with Crippen LogP contribution in [0.25, 0.3) is 0 Å². The number of nitrogens with one attached hydrogen (secondary N) is 1. The fraction of sp³-hybridized carbons (Fsp3) is 0.647. The standard InChI is InChI=1S/C17H27FN2O/c1-12(9-20-10-13(2)21-14(3)11-20)17(19-4)15-7-5-6-8-16(15)18/h5-8,12-14,17,19H,9-11H2,1-4H3/t12?,13-,14+,17?. The molecule has 1 aromatic carbocycles. The van der Waals surface area contributed by atoms with Crippen LogP contribution in [0, 0.1) is 11.7 Å². The third-order valence-electron chi connectivity index (χ3n) is 4.16. The van der Waals surface area contributed by atoms with Gasteiger partial charge in [0.25, 0.3) is 0 Å². The normalized spacial score (nSPS) is 26.5. The van der Waals surface area contributed by atoms with E-state index in [0.29, 0.717) is 5.92 Å². The van der Waals surface area contributed by atoms with E-state index in [1.54, 1.807) is 6.07 Å². The molecule has 1 aliphatic heterocycles. The fourth-order valence-corrected chi connectivity index (χ4v) is 3.42. The second kappa shape index (κ2) is 7.34. The van der Waals surface area contributed by atoms with E-state index in [4.69, 9.17) is 4.74 Å². The van der Waals surface area contributed by atoms with Crippen molar-refractivity contribution >= 4 is 0 Å². The molecular weight excluding hydrogens is 267 g/mol. The van der Waals surface area contributed by atoms with E-state index >= 15 is 0 Å². The highest BCUT2D eigenvalue weighted by Gasteiger charge is 2.27. The molecule has 2 unspecified atom stereocenters. The molecule has 4 atom stereocenters. The molecule has 0 radical (unpaired) electrons. The summed E-state index contributed by atoms with van der Waals surface area (Å²) in [7, 11) is 1.90. The Bertz CT molecular complexity index is 444. The monoisotopic (exact) mass is 294 g/mol. The molecule has 0 saturated carbocycles. The summed E-state index contributed by atoms with van der Waals surface area (Å²) in [5.41, 5.74) is 0.752. The van der Waals surface area contributed by atoms with Crippen LogP contribution >= 0.6 is 0 Å². The highest BCUT2D eigenvalue weighted by atomic mass is 19.1. The molecule has 1 saturated heterocycles. The molecule has 1 N–H and O–H groups in total. The van der Waals surface area contributed by atoms with Crippen LogP contribution in [0.3, 0.4) is 0 Å². The first kappa shape index (κ1) is 16.4. The van der Waals surface area contributed by atoms with Gasteiger partial charge in [0.1, 0.15) is 5.82 Å². The summed E-state index contributed by atoms with van der Waals surface area (Å²) < 4.78 is 19.8. The molecule has 0 amide bonds. The van der Waals surface area contributed by atoms with Crippen molar-refractivity contribution in [1.29, 1.82) is 0 Å². The zero-order valence-corrected chi connectivity index (χ0v) is 13.5. The topological polar surface area (TPSA) is 24.5 Å². The van der Waals surface area contributed by atoms with E-state index in [2.05, 4.69) is 31.0 Å². The van der Waals surface area contributed by atoms with Crippen molar-refractivity contribution in [3.05, 3.63) is 35.6 Å². The van der Waals surface area contributed by atoms with Gasteiger partial charge in [0, 0.05) is 31.2 Å². The number of morpholine rings is 1. The number of nitrogens with zero attached hydrogens (tertiary/aromatic N) is 1. The molecule has 1 aliphatic rings. The Morgan fingerprint density at radius 3 is 2.48 bits per heavy atom. The third-order valence-corrected chi connectivity index (χ3v) is 4.16. The van der Waals surface area contributed by atoms with Gasteiger partial charge in [-0.05, 0) is 32.9 Å². The van der Waals surface area contributed by atoms with Crippen LogP contribution in [0.1, 0.15) is 32.4 Å². The average Bonchev–Trinajstić information content (AvgIpc) is 2.40. The second-order valence-electron chi connectivity index (χ2n) is 6.24. The van der Waals surface area contributed by atoms with Crippen molar-refractivity contribution in [2.24, 2.45) is 5.92 Å². The van der Waals surface area contributed by atoms with Gasteiger partial charge in [-0.15, -0.1) is 0 Å². The van der Waals surface area contributed by atoms with Crippen molar-refractivity contribution in [3.63, 3.8) is 0 Å². The van der Waals surface area contributed by atoms with Gasteiger partial charge < -0.3 is 10.1 Å². The highest BCUT2D eigenvalue weighted by molar-refractivity contribution is 5.21. The summed E-state index contributed by atoms with van der Waals surface area (Å²) >= 11 is 0. The van der Waals surface area contributed by atoms with Crippen molar-refractivity contribution in [2.75, 3.05) is 26.7 Å². The minimum atomic E-state index is -0.132. The molecular formula is C17H27FN2O. The molecule has 3 nitrogen and oxygen atoms in total. The number of ether oxygens (including phenoxy) is 1. The smallest absolute Gasteiger partial charge is 0.127 e. The molecule has 0 aromatic heterocycles. The lowest BCUT2D eigenvalue weighted by atomic mass is 9.93. The molecule has 0 spiro atoms. The Kier molecular flexibility index (Phi) is 5.73. The van der Waals surface area contributed by atoms with Gasteiger partial charge in [-0.2, -0.15) is 0 Å². The molecule has 118 valence electrons. The first-order chi connectivity index (χ1) is 10.0. The molecule has 0 aliphatic carbocycles. The molecule has 4 heteroatoms. The first-order valence-electron chi connectivity index (χ1n) is 7.80. The summed E-state index contributed by atoms with van der Waals surface area (Å²) in [6, 6.07) is 7.07. The van der Waals surface area contributed by atoms with E-state index in [0.717, 1.165) is 25.2 Å². The van der Waals surface area contributed by atoms with E-state index < -0.39 is 0 Å². The zero-order chi connectivity index (χ0) is 15.4. The predicted molar refractivity (Wildman–Crippen MR) is 83.8 cm³/mol. The maximum Gasteiger partial charge on any atom is 0.127 e. The molecule has 1 fully saturated rings. The minimum Gasteiger partial charge on any atom is -0.373 e. The summed E-state index contributed by atoms with van der Waals surface area (Å²) in [4.78, 5) is 2.43. The molecule has 1 heterocycles. The van der Waals surface area contributed by atoms with Crippen LogP contribution in [-0.2, 0) is 4.74 Å². The summed E-state index contributed by atoms with van der Waals surface area (Å²) in [5, 5.41) is 3.27. The van der Waals surface area contributed by atoms with Gasteiger partial charge in [-0.25, -0.2) is 4.39 Å².